The van der Waals surface area contributed by atoms with Crippen LogP contribution in [0.5, 0.6) is 5.75 Å². The van der Waals surface area contributed by atoms with E-state index >= 15 is 4.79 Å². The van der Waals surface area contributed by atoms with Crippen molar-refractivity contribution in [2.75, 3.05) is 51.3 Å². The highest BCUT2D eigenvalue weighted by molar-refractivity contribution is 6.32. The van der Waals surface area contributed by atoms with Gasteiger partial charge >= 0.3 is 0 Å². The number of alkyl halides is 1. The molecule has 1 unspecified atom stereocenters. The van der Waals surface area contributed by atoms with Crippen LogP contribution in [0.25, 0.3) is 44.3 Å². The summed E-state index contributed by atoms with van der Waals surface area (Å²) in [5, 5.41) is 7.52. The number of para-hydroxylation sites is 1. The number of piperazine rings is 1. The second kappa shape index (κ2) is 16.6. The Hall–Kier alpha value is -5.20. The van der Waals surface area contributed by atoms with Crippen molar-refractivity contribution in [1.29, 1.82) is 0 Å². The number of halogens is 2. The Morgan fingerprint density at radius 1 is 0.885 bits per heavy atom. The molecule has 61 heavy (non-hydrogen) atoms. The van der Waals surface area contributed by atoms with Crippen molar-refractivity contribution in [2.24, 2.45) is 7.05 Å². The summed E-state index contributed by atoms with van der Waals surface area (Å²) in [6.45, 7) is 16.6. The zero-order valence-electron chi connectivity index (χ0n) is 36.0. The van der Waals surface area contributed by atoms with E-state index in [2.05, 4.69) is 99.3 Å². The third kappa shape index (κ3) is 7.39. The topological polar surface area (TPSA) is 89.5 Å². The standard InChI is InChI=1S/C48H53Cl2N9O2/c1-29-25-35(26-30(2)43(29)49)61-24-9-13-37-36-11-8-12-38(42-31(3)53-55(7)32(42)4)44(36)58-33(5)46(50)59(48(60)45(37)58)41-28-57(23-22-56-20-18-54(6)19-21-56)40-15-14-34(27-39(40)41)47-51-16-10-17-52-47/h8,10-12,14-17,25-28,33,46H,9,13,18-24H2,1-7H3/t33?,46-/m0/s1. The highest BCUT2D eigenvalue weighted by atomic mass is 35.5. The zero-order valence-corrected chi connectivity index (χ0v) is 37.6. The number of nitrogens with zero attached hydrogens (tertiary/aromatic N) is 9. The summed E-state index contributed by atoms with van der Waals surface area (Å²) in [6, 6.07) is 18.2. The average molecular weight is 859 g/mol. The molecule has 9 rings (SSSR count). The van der Waals surface area contributed by atoms with E-state index in [0.717, 1.165) is 122 Å². The van der Waals surface area contributed by atoms with Crippen LogP contribution < -0.4 is 9.64 Å². The van der Waals surface area contributed by atoms with Crippen LogP contribution in [0.1, 0.15) is 58.0 Å². The highest BCUT2D eigenvalue weighted by Crippen LogP contribution is 2.46. The van der Waals surface area contributed by atoms with Crippen LogP contribution in [0.4, 0.5) is 5.69 Å². The molecule has 3 aromatic carbocycles. The minimum Gasteiger partial charge on any atom is -0.494 e. The van der Waals surface area contributed by atoms with Gasteiger partial charge in [0, 0.05) is 103 Å². The lowest BCUT2D eigenvalue weighted by molar-refractivity contribution is 0.0951. The van der Waals surface area contributed by atoms with Gasteiger partial charge in [-0.05, 0) is 108 Å². The Bertz CT molecular complexity index is 2760. The molecule has 2 atom stereocenters. The van der Waals surface area contributed by atoms with Crippen molar-refractivity contribution in [2.45, 2.75) is 65.5 Å². The molecule has 13 heteroatoms. The first kappa shape index (κ1) is 41.2. The fourth-order valence-electron chi connectivity index (χ4n) is 9.49. The van der Waals surface area contributed by atoms with Crippen molar-refractivity contribution in [1.82, 2.24) is 38.7 Å². The van der Waals surface area contributed by atoms with E-state index in [1.54, 1.807) is 12.4 Å². The fraction of sp³-hybridized carbons (Fsp3) is 0.375. The molecule has 4 aromatic heterocycles. The number of carbonyl (C=O) groups excluding carboxylic acids is 1. The number of anilines is 1. The predicted octanol–water partition coefficient (Wildman–Crippen LogP) is 9.39. The molecule has 1 saturated heterocycles. The van der Waals surface area contributed by atoms with Crippen LogP contribution in [0.3, 0.4) is 0 Å². The maximum Gasteiger partial charge on any atom is 0.276 e. The summed E-state index contributed by atoms with van der Waals surface area (Å²) in [6.07, 6.45) is 6.96. The summed E-state index contributed by atoms with van der Waals surface area (Å²) in [5.74, 6) is 1.29. The molecule has 2 aliphatic heterocycles. The normalized spacial score (nSPS) is 17.5. The highest BCUT2D eigenvalue weighted by Gasteiger charge is 2.42. The van der Waals surface area contributed by atoms with E-state index in [1.807, 2.05) is 48.7 Å². The third-order valence-corrected chi connectivity index (χ3v) is 14.0. The van der Waals surface area contributed by atoms with Gasteiger partial charge < -0.3 is 18.8 Å². The largest absolute Gasteiger partial charge is 0.494 e. The number of hydrogen-bond donors (Lipinski definition) is 0. The van der Waals surface area contributed by atoms with Crippen molar-refractivity contribution in [3.05, 3.63) is 112 Å². The minimum atomic E-state index is -0.694. The van der Waals surface area contributed by atoms with E-state index in [9.17, 15) is 0 Å². The number of fused-ring (bicyclic) bond motifs is 4. The smallest absolute Gasteiger partial charge is 0.276 e. The number of hydrogen-bond acceptors (Lipinski definition) is 7. The lowest BCUT2D eigenvalue weighted by Crippen LogP contribution is -2.47. The van der Waals surface area contributed by atoms with Gasteiger partial charge in [0.25, 0.3) is 5.91 Å². The third-order valence-electron chi connectivity index (χ3n) is 12.8. The number of likely N-dealkylation sites (N-methyl/N-ethyl adjacent to an activating group) is 1. The summed E-state index contributed by atoms with van der Waals surface area (Å²) < 4.78 is 12.7. The maximum atomic E-state index is 15.7. The SMILES string of the molecule is Cc1cc(OCCCc2c3n(c4c(-c5c(C)nn(C)c5C)cccc24)C(C)[C@@H](Cl)N(c2cn(CCN4CCN(C)CC4)c4ccc(-c5ncccn5)cc24)C3=O)cc(C)c1Cl. The predicted molar refractivity (Wildman–Crippen MR) is 246 cm³/mol. The zero-order chi connectivity index (χ0) is 42.7. The molecular formula is C48H53Cl2N9O2. The summed E-state index contributed by atoms with van der Waals surface area (Å²) in [4.78, 5) is 31.5. The number of aryl methyl sites for hydroxylation is 5. The van der Waals surface area contributed by atoms with E-state index in [0.29, 0.717) is 31.0 Å². The molecule has 0 bridgehead atoms. The molecular weight excluding hydrogens is 805 g/mol. The van der Waals surface area contributed by atoms with Gasteiger partial charge in [0.1, 0.15) is 16.9 Å². The summed E-state index contributed by atoms with van der Waals surface area (Å²) in [5.41, 5.74) is 10.7. The van der Waals surface area contributed by atoms with Crippen LogP contribution in [-0.4, -0.2) is 96.5 Å². The first-order valence-corrected chi connectivity index (χ1v) is 22.1. The number of rotatable bonds is 11. The Morgan fingerprint density at radius 3 is 2.33 bits per heavy atom. The second-order valence-corrected chi connectivity index (χ2v) is 17.7. The van der Waals surface area contributed by atoms with Crippen molar-refractivity contribution in [3.8, 4) is 28.3 Å². The lowest BCUT2D eigenvalue weighted by atomic mass is 9.98. The molecule has 0 spiro atoms. The first-order valence-electron chi connectivity index (χ1n) is 21.3. The van der Waals surface area contributed by atoms with Gasteiger partial charge in [0.15, 0.2) is 5.82 Å². The number of amides is 1. The number of ether oxygens (including phenoxy) is 1. The summed E-state index contributed by atoms with van der Waals surface area (Å²) in [7, 11) is 4.16. The van der Waals surface area contributed by atoms with Crippen molar-refractivity contribution < 1.29 is 9.53 Å². The van der Waals surface area contributed by atoms with Crippen LogP contribution in [0.15, 0.2) is 73.2 Å². The first-order chi connectivity index (χ1) is 29.4. The van der Waals surface area contributed by atoms with E-state index in [-0.39, 0.29) is 11.9 Å². The van der Waals surface area contributed by atoms with Crippen molar-refractivity contribution >= 4 is 56.6 Å². The molecule has 0 saturated carbocycles. The Kier molecular flexibility index (Phi) is 11.2. The lowest BCUT2D eigenvalue weighted by Gasteiger charge is -2.38. The van der Waals surface area contributed by atoms with E-state index in [1.165, 1.54) is 0 Å². The molecule has 7 aromatic rings. The quantitative estimate of drug-likeness (QED) is 0.0728. The monoisotopic (exact) mass is 857 g/mol. The van der Waals surface area contributed by atoms with Gasteiger partial charge in [0.05, 0.1) is 35.1 Å². The van der Waals surface area contributed by atoms with Gasteiger partial charge in [0.2, 0.25) is 0 Å². The fourth-order valence-corrected chi connectivity index (χ4v) is 9.90. The molecule has 1 amide bonds. The molecule has 6 heterocycles. The molecule has 11 nitrogen and oxygen atoms in total. The van der Waals surface area contributed by atoms with E-state index in [4.69, 9.17) is 33.0 Å². The molecule has 0 aliphatic carbocycles. The van der Waals surface area contributed by atoms with Crippen LogP contribution >= 0.6 is 23.2 Å². The molecule has 1 fully saturated rings. The van der Waals surface area contributed by atoms with Crippen LogP contribution in [0, 0.1) is 27.7 Å². The Balaban J connectivity index is 1.16. The van der Waals surface area contributed by atoms with Gasteiger partial charge in [-0.1, -0.05) is 41.4 Å². The molecule has 2 aliphatic rings. The molecule has 0 radical (unpaired) electrons. The Morgan fingerprint density at radius 2 is 1.62 bits per heavy atom. The van der Waals surface area contributed by atoms with E-state index < -0.39 is 5.50 Å². The van der Waals surface area contributed by atoms with Gasteiger partial charge in [-0.15, -0.1) is 0 Å². The Labute approximate surface area is 367 Å². The van der Waals surface area contributed by atoms with Gasteiger partial charge in [-0.2, -0.15) is 5.10 Å². The average Bonchev–Trinajstić information content (AvgIpc) is 3.88. The summed E-state index contributed by atoms with van der Waals surface area (Å²) >= 11 is 14.1. The number of benzene rings is 3. The maximum absolute atomic E-state index is 15.7. The van der Waals surface area contributed by atoms with Gasteiger partial charge in [-0.25, -0.2) is 9.97 Å². The van der Waals surface area contributed by atoms with Gasteiger partial charge in [-0.3, -0.25) is 19.3 Å². The molecule has 316 valence electrons. The number of carbonyl (C=O) groups is 1. The second-order valence-electron chi connectivity index (χ2n) is 16.8. The van der Waals surface area contributed by atoms with Crippen molar-refractivity contribution in [3.63, 3.8) is 0 Å². The van der Waals surface area contributed by atoms with Crippen LogP contribution in [-0.2, 0) is 20.0 Å². The number of aromatic nitrogens is 6. The van der Waals surface area contributed by atoms with Crippen LogP contribution in [0.2, 0.25) is 5.02 Å². The minimum absolute atomic E-state index is 0.126. The molecule has 0 N–H and O–H groups in total.